The fourth-order valence-electron chi connectivity index (χ4n) is 3.65. The highest BCUT2D eigenvalue weighted by Crippen LogP contribution is 2.35. The molecule has 1 aromatic carbocycles. The van der Waals surface area contributed by atoms with Crippen LogP contribution in [-0.2, 0) is 36.1 Å². The molecular weight excluding hydrogens is 300 g/mol. The molecule has 0 bridgehead atoms. The molecule has 3 rings (SSSR count). The highest BCUT2D eigenvalue weighted by molar-refractivity contribution is 5.87. The summed E-state index contributed by atoms with van der Waals surface area (Å²) in [6.07, 6.45) is 1.17. The fourth-order valence-corrected chi connectivity index (χ4v) is 3.65. The van der Waals surface area contributed by atoms with Gasteiger partial charge in [0.25, 0.3) is 0 Å². The summed E-state index contributed by atoms with van der Waals surface area (Å²) in [6, 6.07) is 4.68. The lowest BCUT2D eigenvalue weighted by atomic mass is 10.0. The lowest BCUT2D eigenvalue weighted by molar-refractivity contribution is -0.140. The van der Waals surface area contributed by atoms with E-state index in [0.29, 0.717) is 6.42 Å². The largest absolute Gasteiger partial charge is 0.469 e. The van der Waals surface area contributed by atoms with Crippen molar-refractivity contribution in [2.75, 3.05) is 7.11 Å². The summed E-state index contributed by atoms with van der Waals surface area (Å²) >= 11 is 0. The second-order valence-electron chi connectivity index (χ2n) is 7.86. The first-order chi connectivity index (χ1) is 11.2. The molecule has 1 aliphatic rings. The lowest BCUT2D eigenvalue weighted by Gasteiger charge is -2.31. The van der Waals surface area contributed by atoms with Gasteiger partial charge in [-0.15, -0.1) is 0 Å². The number of fused-ring (bicyclic) bond motifs is 2. The molecule has 1 aliphatic heterocycles. The highest BCUT2D eigenvalue weighted by Gasteiger charge is 2.29. The molecule has 0 amide bonds. The molecule has 0 fully saturated rings. The molecule has 0 radical (unpaired) electrons. The van der Waals surface area contributed by atoms with Crippen LogP contribution in [0.3, 0.4) is 0 Å². The Morgan fingerprint density at radius 1 is 1.21 bits per heavy atom. The first-order valence-corrected chi connectivity index (χ1v) is 8.64. The van der Waals surface area contributed by atoms with E-state index >= 15 is 0 Å². The number of aryl methyl sites for hydroxylation is 2. The number of esters is 1. The Morgan fingerprint density at radius 2 is 1.83 bits per heavy atom. The van der Waals surface area contributed by atoms with E-state index in [0.717, 1.165) is 19.5 Å². The van der Waals surface area contributed by atoms with Gasteiger partial charge in [0.05, 0.1) is 7.11 Å². The van der Waals surface area contributed by atoms with Gasteiger partial charge in [0.1, 0.15) is 0 Å². The number of methoxy groups -OCH3 is 1. The predicted octanol–water partition coefficient (Wildman–Crippen LogP) is 3.71. The number of benzene rings is 1. The molecule has 0 spiro atoms. The second-order valence-corrected chi connectivity index (χ2v) is 7.86. The van der Waals surface area contributed by atoms with Crippen LogP contribution in [0.2, 0.25) is 0 Å². The average molecular weight is 328 g/mol. The number of hydrogen-bond donors (Lipinski definition) is 0. The van der Waals surface area contributed by atoms with Gasteiger partial charge in [-0.25, -0.2) is 0 Å². The molecule has 4 heteroatoms. The summed E-state index contributed by atoms with van der Waals surface area (Å²) in [6.45, 7) is 11.0. The van der Waals surface area contributed by atoms with E-state index in [1.54, 1.807) is 0 Å². The van der Waals surface area contributed by atoms with Crippen LogP contribution in [0.4, 0.5) is 0 Å². The van der Waals surface area contributed by atoms with Crippen molar-refractivity contribution in [1.82, 2.24) is 9.47 Å². The number of carbonyl (C=O) groups is 1. The third-order valence-electron chi connectivity index (χ3n) is 5.42. The van der Waals surface area contributed by atoms with Gasteiger partial charge in [0.15, 0.2) is 0 Å². The molecule has 2 heterocycles. The topological polar surface area (TPSA) is 34.5 Å². The molecule has 0 saturated heterocycles. The molecular formula is C20H28N2O2. The monoisotopic (exact) mass is 328 g/mol. The summed E-state index contributed by atoms with van der Waals surface area (Å²) in [5.74, 6) is -0.147. The lowest BCUT2D eigenvalue weighted by Crippen LogP contribution is -2.36. The van der Waals surface area contributed by atoms with Gasteiger partial charge in [-0.05, 0) is 62.9 Å². The Kier molecular flexibility index (Phi) is 4.20. The molecule has 0 aliphatic carbocycles. The SMILES string of the molecule is COC(=O)CCc1c(C)n(C)c2cc3c(cc12)CN(C(C)(C)C)C3. The number of nitrogens with zero attached hydrogens (tertiary/aromatic N) is 2. The number of aromatic nitrogens is 1. The third-order valence-corrected chi connectivity index (χ3v) is 5.42. The van der Waals surface area contributed by atoms with Gasteiger partial charge >= 0.3 is 5.97 Å². The van der Waals surface area contributed by atoms with Crippen molar-refractivity contribution in [2.24, 2.45) is 7.05 Å². The number of carbonyl (C=O) groups excluding carboxylic acids is 1. The van der Waals surface area contributed by atoms with Crippen molar-refractivity contribution in [3.63, 3.8) is 0 Å². The first kappa shape index (κ1) is 17.0. The van der Waals surface area contributed by atoms with Gasteiger partial charge in [0.2, 0.25) is 0 Å². The smallest absolute Gasteiger partial charge is 0.305 e. The maximum absolute atomic E-state index is 11.5. The van der Waals surface area contributed by atoms with Crippen LogP contribution in [0.15, 0.2) is 12.1 Å². The molecule has 130 valence electrons. The van der Waals surface area contributed by atoms with Gasteiger partial charge in [0, 0.05) is 48.7 Å². The quantitative estimate of drug-likeness (QED) is 0.806. The van der Waals surface area contributed by atoms with Crippen LogP contribution in [0.25, 0.3) is 10.9 Å². The van der Waals surface area contributed by atoms with Crippen LogP contribution < -0.4 is 0 Å². The van der Waals surface area contributed by atoms with E-state index in [1.165, 1.54) is 40.4 Å². The Balaban J connectivity index is 2.01. The molecule has 0 atom stereocenters. The zero-order valence-corrected chi connectivity index (χ0v) is 15.7. The molecule has 1 aromatic heterocycles. The molecule has 4 nitrogen and oxygen atoms in total. The van der Waals surface area contributed by atoms with Gasteiger partial charge < -0.3 is 9.30 Å². The Bertz CT molecular complexity index is 796. The van der Waals surface area contributed by atoms with E-state index in [4.69, 9.17) is 4.74 Å². The zero-order chi connectivity index (χ0) is 17.6. The summed E-state index contributed by atoms with van der Waals surface area (Å²) in [4.78, 5) is 14.1. The summed E-state index contributed by atoms with van der Waals surface area (Å²) in [5, 5.41) is 1.29. The van der Waals surface area contributed by atoms with Crippen LogP contribution in [-0.4, -0.2) is 28.1 Å². The minimum atomic E-state index is -0.147. The van der Waals surface area contributed by atoms with Crippen molar-refractivity contribution in [3.8, 4) is 0 Å². The predicted molar refractivity (Wildman–Crippen MR) is 97.0 cm³/mol. The van der Waals surface area contributed by atoms with Gasteiger partial charge in [-0.1, -0.05) is 0 Å². The highest BCUT2D eigenvalue weighted by atomic mass is 16.5. The maximum Gasteiger partial charge on any atom is 0.305 e. The molecule has 0 unspecified atom stereocenters. The number of hydrogen-bond acceptors (Lipinski definition) is 3. The number of ether oxygens (including phenoxy) is 1. The van der Waals surface area contributed by atoms with Crippen molar-refractivity contribution in [2.45, 2.75) is 59.2 Å². The number of rotatable bonds is 3. The second kappa shape index (κ2) is 5.92. The Labute approximate surface area is 144 Å². The molecule has 24 heavy (non-hydrogen) atoms. The van der Waals surface area contributed by atoms with E-state index in [2.05, 4.69) is 56.3 Å². The van der Waals surface area contributed by atoms with Crippen LogP contribution in [0, 0.1) is 6.92 Å². The fraction of sp³-hybridized carbons (Fsp3) is 0.550. The van der Waals surface area contributed by atoms with Gasteiger partial charge in [-0.2, -0.15) is 0 Å². The minimum Gasteiger partial charge on any atom is -0.469 e. The van der Waals surface area contributed by atoms with Crippen molar-refractivity contribution in [3.05, 3.63) is 34.5 Å². The average Bonchev–Trinajstić information content (AvgIpc) is 3.04. The van der Waals surface area contributed by atoms with Gasteiger partial charge in [-0.3, -0.25) is 9.69 Å². The van der Waals surface area contributed by atoms with Crippen molar-refractivity contribution in [1.29, 1.82) is 0 Å². The molecule has 0 N–H and O–H groups in total. The third kappa shape index (κ3) is 2.84. The summed E-state index contributed by atoms with van der Waals surface area (Å²) in [7, 11) is 3.56. The molecule has 2 aromatic rings. The Hall–Kier alpha value is -1.81. The van der Waals surface area contributed by atoms with Crippen LogP contribution in [0.5, 0.6) is 0 Å². The summed E-state index contributed by atoms with van der Waals surface area (Å²) in [5.41, 5.74) is 6.80. The first-order valence-electron chi connectivity index (χ1n) is 8.64. The van der Waals surface area contributed by atoms with E-state index in [9.17, 15) is 4.79 Å². The Morgan fingerprint density at radius 3 is 2.42 bits per heavy atom. The van der Waals surface area contributed by atoms with Crippen molar-refractivity contribution >= 4 is 16.9 Å². The molecule has 0 saturated carbocycles. The minimum absolute atomic E-state index is 0.147. The standard InChI is InChI=1S/C20H28N2O2/c1-13-16(7-8-19(23)24-6)17-9-14-11-22(20(2,3)4)12-15(14)10-18(17)21(13)5/h9-10H,7-8,11-12H2,1-6H3. The van der Waals surface area contributed by atoms with Crippen LogP contribution in [0.1, 0.15) is 49.6 Å². The van der Waals surface area contributed by atoms with Crippen LogP contribution >= 0.6 is 0 Å². The van der Waals surface area contributed by atoms with Crippen molar-refractivity contribution < 1.29 is 9.53 Å². The summed E-state index contributed by atoms with van der Waals surface area (Å²) < 4.78 is 7.06. The normalized spacial score (nSPS) is 15.1. The van der Waals surface area contributed by atoms with E-state index in [-0.39, 0.29) is 11.5 Å². The van der Waals surface area contributed by atoms with E-state index in [1.807, 2.05) is 0 Å². The zero-order valence-electron chi connectivity index (χ0n) is 15.7. The maximum atomic E-state index is 11.5. The van der Waals surface area contributed by atoms with E-state index < -0.39 is 0 Å².